The van der Waals surface area contributed by atoms with Gasteiger partial charge >= 0.3 is 0 Å². The average Bonchev–Trinajstić information content (AvgIpc) is 1.91. The fourth-order valence-corrected chi connectivity index (χ4v) is 1.75. The number of carbonyl (C=O) groups excluding carboxylic acids is 1. The Morgan fingerprint density at radius 1 is 1.50 bits per heavy atom. The maximum absolute atomic E-state index is 11.0. The van der Waals surface area contributed by atoms with Gasteiger partial charge in [0.2, 0.25) is 0 Å². The highest BCUT2D eigenvalue weighted by Crippen LogP contribution is 2.33. The van der Waals surface area contributed by atoms with E-state index in [0.29, 0.717) is 18.6 Å². The molecule has 0 saturated heterocycles. The van der Waals surface area contributed by atoms with Crippen molar-refractivity contribution in [1.29, 1.82) is 0 Å². The minimum atomic E-state index is -0.257. The summed E-state index contributed by atoms with van der Waals surface area (Å²) in [7, 11) is 0. The Morgan fingerprint density at radius 3 is 2.60 bits per heavy atom. The van der Waals surface area contributed by atoms with Crippen LogP contribution in [0.5, 0.6) is 0 Å². The molecular formula is C8H10O2. The molecule has 0 radical (unpaired) electrons. The average molecular weight is 138 g/mol. The van der Waals surface area contributed by atoms with Crippen LogP contribution in [0.1, 0.15) is 12.8 Å². The van der Waals surface area contributed by atoms with Crippen molar-refractivity contribution in [2.75, 3.05) is 0 Å². The lowest BCUT2D eigenvalue weighted by Gasteiger charge is -2.33. The lowest BCUT2D eigenvalue weighted by Crippen LogP contribution is -2.37. The number of hydrogen-bond acceptors (Lipinski definition) is 2. The largest absolute Gasteiger partial charge is 0.392 e. The Labute approximate surface area is 59.5 Å². The highest BCUT2D eigenvalue weighted by molar-refractivity contribution is 5.85. The van der Waals surface area contributed by atoms with Crippen LogP contribution in [0.25, 0.3) is 0 Å². The second-order valence-corrected chi connectivity index (χ2v) is 3.13. The quantitative estimate of drug-likeness (QED) is 0.495. The minimum Gasteiger partial charge on any atom is -0.392 e. The Balaban J connectivity index is 2.28. The molecule has 10 heavy (non-hydrogen) atoms. The summed E-state index contributed by atoms with van der Waals surface area (Å²) in [5.41, 5.74) is 0. The fraction of sp³-hybridized carbons (Fsp3) is 0.625. The van der Waals surface area contributed by atoms with Crippen molar-refractivity contribution in [3.05, 3.63) is 12.2 Å². The Hall–Kier alpha value is -0.630. The molecular weight excluding hydrogens is 128 g/mol. The van der Waals surface area contributed by atoms with Crippen LogP contribution >= 0.6 is 0 Å². The lowest BCUT2D eigenvalue weighted by atomic mass is 9.73. The van der Waals surface area contributed by atoms with Crippen molar-refractivity contribution in [1.82, 2.24) is 0 Å². The molecule has 3 rings (SSSR count). The molecule has 3 aliphatic rings. The standard InChI is InChI=1S/C8H10O2/c9-7-4-6-2-1-5(7)3-8(6)10/h1-2,5-7,9H,3-4H2/t5-,6-,7+/m0/s1. The maximum Gasteiger partial charge on any atom is 0.140 e. The van der Waals surface area contributed by atoms with Gasteiger partial charge in [-0.15, -0.1) is 0 Å². The molecule has 0 aliphatic heterocycles. The number of allylic oxidation sites excluding steroid dienone is 1. The van der Waals surface area contributed by atoms with Crippen molar-refractivity contribution in [2.24, 2.45) is 11.8 Å². The Morgan fingerprint density at radius 2 is 2.30 bits per heavy atom. The highest BCUT2D eigenvalue weighted by Gasteiger charge is 2.35. The minimum absolute atomic E-state index is 0.0278. The summed E-state index contributed by atoms with van der Waals surface area (Å²) in [6.07, 6.45) is 4.86. The van der Waals surface area contributed by atoms with Crippen molar-refractivity contribution in [3.8, 4) is 0 Å². The Kier molecular flexibility index (Phi) is 1.17. The van der Waals surface area contributed by atoms with Gasteiger partial charge in [0.15, 0.2) is 0 Å². The second-order valence-electron chi connectivity index (χ2n) is 3.13. The number of fused-ring (bicyclic) bond motifs is 2. The van der Waals surface area contributed by atoms with E-state index in [1.807, 2.05) is 12.2 Å². The van der Waals surface area contributed by atoms with Gasteiger partial charge < -0.3 is 5.11 Å². The van der Waals surface area contributed by atoms with E-state index in [2.05, 4.69) is 0 Å². The molecule has 1 N–H and O–H groups in total. The first kappa shape index (κ1) is 6.10. The van der Waals surface area contributed by atoms with Crippen LogP contribution in [0, 0.1) is 11.8 Å². The first-order valence-electron chi connectivity index (χ1n) is 3.66. The zero-order valence-electron chi connectivity index (χ0n) is 5.66. The molecule has 0 heterocycles. The third-order valence-corrected chi connectivity index (χ3v) is 2.43. The maximum atomic E-state index is 11.0. The SMILES string of the molecule is O=C1C[C@@H]2C=C[C@H]1C[C@H]2O. The van der Waals surface area contributed by atoms with Crippen LogP contribution in [0.2, 0.25) is 0 Å². The number of ketones is 1. The number of aliphatic hydroxyl groups excluding tert-OH is 1. The topological polar surface area (TPSA) is 37.3 Å². The number of Topliss-reactive ketones (excluding diaryl/α,β-unsaturated/α-hetero) is 1. The van der Waals surface area contributed by atoms with Gasteiger partial charge in [0.25, 0.3) is 0 Å². The van der Waals surface area contributed by atoms with Gasteiger partial charge in [-0.25, -0.2) is 0 Å². The first-order chi connectivity index (χ1) is 4.77. The van der Waals surface area contributed by atoms with E-state index in [0.717, 1.165) is 0 Å². The molecule has 0 amide bonds. The summed E-state index contributed by atoms with van der Waals surface area (Å²) < 4.78 is 0. The van der Waals surface area contributed by atoms with E-state index < -0.39 is 0 Å². The first-order valence-corrected chi connectivity index (χ1v) is 3.66. The number of hydrogen-bond donors (Lipinski definition) is 1. The van der Waals surface area contributed by atoms with Crippen molar-refractivity contribution in [3.63, 3.8) is 0 Å². The third kappa shape index (κ3) is 0.721. The molecule has 2 heteroatoms. The molecule has 2 nitrogen and oxygen atoms in total. The van der Waals surface area contributed by atoms with E-state index >= 15 is 0 Å². The van der Waals surface area contributed by atoms with Crippen LogP contribution in [0.15, 0.2) is 12.2 Å². The molecule has 3 atom stereocenters. The predicted octanol–water partition coefficient (Wildman–Crippen LogP) is 0.512. The summed E-state index contributed by atoms with van der Waals surface area (Å²) in [5, 5.41) is 9.31. The smallest absolute Gasteiger partial charge is 0.140 e. The summed E-state index contributed by atoms with van der Waals surface area (Å²) >= 11 is 0. The normalized spacial score (nSPS) is 44.5. The number of carbonyl (C=O) groups is 1. The molecule has 0 spiro atoms. The fourth-order valence-electron chi connectivity index (χ4n) is 1.75. The number of aliphatic hydroxyl groups is 1. The number of rotatable bonds is 0. The van der Waals surface area contributed by atoms with E-state index in [1.165, 1.54) is 0 Å². The predicted molar refractivity (Wildman–Crippen MR) is 36.4 cm³/mol. The van der Waals surface area contributed by atoms with Gasteiger partial charge in [0.1, 0.15) is 5.78 Å². The van der Waals surface area contributed by atoms with E-state index in [4.69, 9.17) is 0 Å². The van der Waals surface area contributed by atoms with Gasteiger partial charge in [-0.3, -0.25) is 4.79 Å². The van der Waals surface area contributed by atoms with Crippen LogP contribution in [-0.2, 0) is 4.79 Å². The van der Waals surface area contributed by atoms with E-state index in [-0.39, 0.29) is 17.9 Å². The molecule has 2 bridgehead atoms. The van der Waals surface area contributed by atoms with Crippen LogP contribution in [0.4, 0.5) is 0 Å². The van der Waals surface area contributed by atoms with Crippen LogP contribution in [-0.4, -0.2) is 17.0 Å². The monoisotopic (exact) mass is 138 g/mol. The molecule has 0 unspecified atom stereocenters. The molecule has 0 aromatic rings. The summed E-state index contributed by atoms with van der Waals surface area (Å²) in [4.78, 5) is 11.0. The second kappa shape index (κ2) is 1.92. The van der Waals surface area contributed by atoms with E-state index in [1.54, 1.807) is 0 Å². The zero-order chi connectivity index (χ0) is 7.14. The Bertz CT molecular complexity index is 195. The third-order valence-electron chi connectivity index (χ3n) is 2.43. The van der Waals surface area contributed by atoms with Gasteiger partial charge in [-0.2, -0.15) is 0 Å². The lowest BCUT2D eigenvalue weighted by molar-refractivity contribution is -0.127. The highest BCUT2D eigenvalue weighted by atomic mass is 16.3. The van der Waals surface area contributed by atoms with Gasteiger partial charge in [0, 0.05) is 18.3 Å². The molecule has 0 aromatic heterocycles. The van der Waals surface area contributed by atoms with Gasteiger partial charge in [-0.05, 0) is 6.42 Å². The van der Waals surface area contributed by atoms with Crippen LogP contribution < -0.4 is 0 Å². The van der Waals surface area contributed by atoms with Crippen molar-refractivity contribution in [2.45, 2.75) is 18.9 Å². The van der Waals surface area contributed by atoms with Crippen molar-refractivity contribution < 1.29 is 9.90 Å². The molecule has 3 aliphatic carbocycles. The summed E-state index contributed by atoms with van der Waals surface area (Å²) in [6, 6.07) is 0. The molecule has 54 valence electrons. The molecule has 0 aromatic carbocycles. The summed E-state index contributed by atoms with van der Waals surface area (Å²) in [6.45, 7) is 0. The zero-order valence-corrected chi connectivity index (χ0v) is 5.66. The summed E-state index contributed by atoms with van der Waals surface area (Å²) in [5.74, 6) is 0.454. The van der Waals surface area contributed by atoms with E-state index in [9.17, 15) is 9.90 Å². The van der Waals surface area contributed by atoms with Gasteiger partial charge in [0.05, 0.1) is 6.10 Å². The van der Waals surface area contributed by atoms with Gasteiger partial charge in [-0.1, -0.05) is 12.2 Å². The molecule has 1 saturated carbocycles. The van der Waals surface area contributed by atoms with Crippen LogP contribution in [0.3, 0.4) is 0 Å². The van der Waals surface area contributed by atoms with Crippen molar-refractivity contribution >= 4 is 5.78 Å². The molecule has 1 fully saturated rings.